The Morgan fingerprint density at radius 2 is 1.97 bits per heavy atom. The Morgan fingerprint density at radius 1 is 1.21 bits per heavy atom. The van der Waals surface area contributed by atoms with Crippen molar-refractivity contribution in [1.82, 2.24) is 0 Å². The van der Waals surface area contributed by atoms with Gasteiger partial charge in [0.05, 0.1) is 16.0 Å². The number of nitro benzene ring substituents is 1. The van der Waals surface area contributed by atoms with Gasteiger partial charge in [-0.1, -0.05) is 29.3 Å². The molecule has 0 aliphatic carbocycles. The number of nitriles is 1. The first kappa shape index (κ1) is 23.9. The second-order valence-corrected chi connectivity index (χ2v) is 7.88. The molecule has 1 aromatic heterocycles. The number of rotatable bonds is 7. The number of anilines is 1. The van der Waals surface area contributed by atoms with Crippen molar-refractivity contribution in [3.05, 3.63) is 80.0 Å². The first-order valence-electron chi connectivity index (χ1n) is 9.61. The highest BCUT2D eigenvalue weighted by Crippen LogP contribution is 2.37. The summed E-state index contributed by atoms with van der Waals surface area (Å²) in [5, 5.41) is 23.3. The molecular formula is C23H17Cl2N3O5. The predicted octanol–water partition coefficient (Wildman–Crippen LogP) is 6.49. The fraction of sp³-hybridized carbons (Fsp3) is 0.130. The molecule has 10 heteroatoms. The normalized spacial score (nSPS) is 11.2. The van der Waals surface area contributed by atoms with Crippen LogP contribution in [0.15, 0.2) is 58.5 Å². The summed E-state index contributed by atoms with van der Waals surface area (Å²) in [5.74, 6) is 0.330. The van der Waals surface area contributed by atoms with Gasteiger partial charge in [-0.2, -0.15) is 5.26 Å². The molecule has 3 rings (SSSR count). The first-order valence-corrected chi connectivity index (χ1v) is 10.4. The van der Waals surface area contributed by atoms with Crippen molar-refractivity contribution in [1.29, 1.82) is 5.26 Å². The summed E-state index contributed by atoms with van der Waals surface area (Å²) < 4.78 is 11.2. The topological polar surface area (TPSA) is 118 Å². The quantitative estimate of drug-likeness (QED) is 0.176. The monoisotopic (exact) mass is 485 g/mol. The van der Waals surface area contributed by atoms with Crippen molar-refractivity contribution >= 4 is 46.6 Å². The van der Waals surface area contributed by atoms with Crippen LogP contribution in [0.1, 0.15) is 19.6 Å². The lowest BCUT2D eigenvalue weighted by Crippen LogP contribution is -2.13. The van der Waals surface area contributed by atoms with Gasteiger partial charge in [-0.15, -0.1) is 0 Å². The average molecular weight is 486 g/mol. The molecule has 0 saturated carbocycles. The van der Waals surface area contributed by atoms with Crippen LogP contribution in [0, 0.1) is 21.4 Å². The van der Waals surface area contributed by atoms with Crippen molar-refractivity contribution in [3.8, 4) is 23.1 Å². The average Bonchev–Trinajstić information content (AvgIpc) is 3.19. The zero-order valence-electron chi connectivity index (χ0n) is 17.5. The van der Waals surface area contributed by atoms with E-state index in [9.17, 15) is 20.2 Å². The summed E-state index contributed by atoms with van der Waals surface area (Å²) in [6, 6.07) is 14.1. The van der Waals surface area contributed by atoms with E-state index in [0.29, 0.717) is 11.4 Å². The number of nitro groups is 1. The number of amides is 1. The molecule has 1 amide bonds. The molecule has 0 fully saturated rings. The molecule has 168 valence electrons. The third-order valence-electron chi connectivity index (χ3n) is 4.24. The number of nitrogens with zero attached hydrogens (tertiary/aromatic N) is 2. The number of ether oxygens (including phenoxy) is 1. The molecule has 0 aliphatic rings. The maximum Gasteiger partial charge on any atom is 0.288 e. The van der Waals surface area contributed by atoms with Crippen molar-refractivity contribution in [2.24, 2.45) is 0 Å². The van der Waals surface area contributed by atoms with E-state index < -0.39 is 10.8 Å². The number of hydrogen-bond donors (Lipinski definition) is 1. The summed E-state index contributed by atoms with van der Waals surface area (Å²) in [6.07, 6.45) is 1.22. The molecule has 33 heavy (non-hydrogen) atoms. The van der Waals surface area contributed by atoms with Crippen molar-refractivity contribution in [2.75, 3.05) is 5.32 Å². The van der Waals surface area contributed by atoms with E-state index in [1.807, 2.05) is 19.9 Å². The Labute approximate surface area is 199 Å². The first-order chi connectivity index (χ1) is 15.7. The van der Waals surface area contributed by atoms with Crippen LogP contribution in [-0.4, -0.2) is 16.9 Å². The summed E-state index contributed by atoms with van der Waals surface area (Å²) >= 11 is 12.0. The van der Waals surface area contributed by atoms with Crippen LogP contribution in [0.3, 0.4) is 0 Å². The number of nitrogens with one attached hydrogen (secondary N) is 1. The van der Waals surface area contributed by atoms with Gasteiger partial charge in [0.2, 0.25) is 0 Å². The van der Waals surface area contributed by atoms with Crippen LogP contribution in [0.25, 0.3) is 17.4 Å². The molecule has 2 aromatic carbocycles. The lowest BCUT2D eigenvalue weighted by molar-refractivity contribution is -0.384. The minimum atomic E-state index is -0.641. The van der Waals surface area contributed by atoms with E-state index in [2.05, 4.69) is 5.32 Å². The summed E-state index contributed by atoms with van der Waals surface area (Å²) in [4.78, 5) is 23.1. The third-order valence-corrected chi connectivity index (χ3v) is 4.86. The van der Waals surface area contributed by atoms with Crippen molar-refractivity contribution < 1.29 is 18.9 Å². The van der Waals surface area contributed by atoms with Gasteiger partial charge in [-0.3, -0.25) is 14.9 Å². The minimum Gasteiger partial charge on any atom is -0.491 e. The molecule has 8 nitrogen and oxygen atoms in total. The molecule has 0 atom stereocenters. The Hall–Kier alpha value is -3.80. The summed E-state index contributed by atoms with van der Waals surface area (Å²) in [6.45, 7) is 3.77. The highest BCUT2D eigenvalue weighted by molar-refractivity contribution is 6.37. The second-order valence-electron chi connectivity index (χ2n) is 7.06. The molecule has 0 radical (unpaired) electrons. The van der Waals surface area contributed by atoms with Crippen LogP contribution in [0.5, 0.6) is 5.75 Å². The molecule has 0 bridgehead atoms. The molecule has 0 saturated heterocycles. The Balaban J connectivity index is 1.84. The molecule has 3 aromatic rings. The third kappa shape index (κ3) is 5.92. The van der Waals surface area contributed by atoms with E-state index >= 15 is 0 Å². The molecule has 0 spiro atoms. The number of hydrogen-bond acceptors (Lipinski definition) is 6. The van der Waals surface area contributed by atoms with Gasteiger partial charge in [-0.05, 0) is 44.2 Å². The Kier molecular flexibility index (Phi) is 7.38. The minimum absolute atomic E-state index is 0.0331. The van der Waals surface area contributed by atoms with Crippen LogP contribution in [0.2, 0.25) is 10.0 Å². The smallest absolute Gasteiger partial charge is 0.288 e. The van der Waals surface area contributed by atoms with Crippen molar-refractivity contribution in [2.45, 2.75) is 20.0 Å². The molecule has 0 aliphatic heterocycles. The zero-order valence-corrected chi connectivity index (χ0v) is 19.0. The SMILES string of the molecule is CC(C)Oc1cccc(NC(=O)/C(C#N)=C\c2ccc(-c3cc([N+](=O)[O-])c(Cl)cc3Cl)o2)c1. The van der Waals surface area contributed by atoms with E-state index in [1.54, 1.807) is 24.3 Å². The molecular weight excluding hydrogens is 469 g/mol. The van der Waals surface area contributed by atoms with Crippen molar-refractivity contribution in [3.63, 3.8) is 0 Å². The summed E-state index contributed by atoms with van der Waals surface area (Å²) in [7, 11) is 0. The highest BCUT2D eigenvalue weighted by Gasteiger charge is 2.19. The van der Waals surface area contributed by atoms with Gasteiger partial charge in [0.25, 0.3) is 11.6 Å². The van der Waals surface area contributed by atoms with Gasteiger partial charge < -0.3 is 14.5 Å². The van der Waals surface area contributed by atoms with Gasteiger partial charge in [-0.25, -0.2) is 0 Å². The fourth-order valence-electron chi connectivity index (χ4n) is 2.85. The molecule has 0 unspecified atom stereocenters. The van der Waals surface area contributed by atoms with Crippen LogP contribution < -0.4 is 10.1 Å². The van der Waals surface area contributed by atoms with E-state index in [4.69, 9.17) is 32.4 Å². The number of carbonyl (C=O) groups is 1. The van der Waals surface area contributed by atoms with E-state index in [0.717, 1.165) is 0 Å². The number of benzene rings is 2. The van der Waals surface area contributed by atoms with Crippen LogP contribution >= 0.6 is 23.2 Å². The van der Waals surface area contributed by atoms with E-state index in [-0.39, 0.29) is 44.5 Å². The Bertz CT molecular complexity index is 1290. The lowest BCUT2D eigenvalue weighted by Gasteiger charge is -2.11. The lowest BCUT2D eigenvalue weighted by atomic mass is 10.1. The number of carbonyl (C=O) groups excluding carboxylic acids is 1. The zero-order chi connectivity index (χ0) is 24.1. The van der Waals surface area contributed by atoms with Gasteiger partial charge in [0.1, 0.15) is 33.9 Å². The van der Waals surface area contributed by atoms with Gasteiger partial charge in [0.15, 0.2) is 0 Å². The molecule has 1 heterocycles. The summed E-state index contributed by atoms with van der Waals surface area (Å²) in [5.41, 5.74) is 0.168. The van der Waals surface area contributed by atoms with Crippen LogP contribution in [-0.2, 0) is 4.79 Å². The fourth-order valence-corrected chi connectivity index (χ4v) is 3.40. The van der Waals surface area contributed by atoms with Gasteiger partial charge in [0, 0.05) is 29.5 Å². The standard InChI is InChI=1S/C23H17Cl2N3O5/c1-13(2)32-16-5-3-4-15(9-16)27-23(29)14(12-26)8-17-6-7-22(33-17)18-10-21(28(30)31)20(25)11-19(18)24/h3-11,13H,1-2H3,(H,27,29)/b14-8-. The second kappa shape index (κ2) is 10.2. The maximum atomic E-state index is 12.6. The van der Waals surface area contributed by atoms with Crippen LogP contribution in [0.4, 0.5) is 11.4 Å². The maximum absolute atomic E-state index is 12.6. The van der Waals surface area contributed by atoms with Gasteiger partial charge >= 0.3 is 0 Å². The van der Waals surface area contributed by atoms with E-state index in [1.165, 1.54) is 30.3 Å². The highest BCUT2D eigenvalue weighted by atomic mass is 35.5. The number of furan rings is 1. The predicted molar refractivity (Wildman–Crippen MR) is 125 cm³/mol. The molecule has 1 N–H and O–H groups in total. The number of halogens is 2. The largest absolute Gasteiger partial charge is 0.491 e. The Morgan fingerprint density at radius 3 is 2.64 bits per heavy atom.